The van der Waals surface area contributed by atoms with Crippen molar-refractivity contribution in [2.24, 2.45) is 17.8 Å². The van der Waals surface area contributed by atoms with E-state index in [0.29, 0.717) is 0 Å². The van der Waals surface area contributed by atoms with Crippen molar-refractivity contribution in [1.82, 2.24) is 14.9 Å². The lowest BCUT2D eigenvalue weighted by Crippen LogP contribution is -2.31. The molecule has 1 aliphatic heterocycles. The molecule has 1 aromatic rings. The Morgan fingerprint density at radius 1 is 1.69 bits per heavy atom. The summed E-state index contributed by atoms with van der Waals surface area (Å²) in [6.45, 7) is 0. The van der Waals surface area contributed by atoms with E-state index in [-0.39, 0.29) is 11.9 Å². The molecule has 0 fully saturated rings. The molecule has 0 saturated carbocycles. The Kier molecular flexibility index (Phi) is 1.54. The van der Waals surface area contributed by atoms with Crippen LogP contribution in [0.15, 0.2) is 17.5 Å². The zero-order valence-electron chi connectivity index (χ0n) is 7.06. The van der Waals surface area contributed by atoms with E-state index in [0.717, 1.165) is 5.69 Å². The second kappa shape index (κ2) is 2.58. The maximum atomic E-state index is 11.3. The molecule has 3 N–H and O–H groups in total. The topological polar surface area (TPSA) is 85.3 Å². The first kappa shape index (κ1) is 7.78. The average Bonchev–Trinajstić information content (AvgIpc) is 2.58. The van der Waals surface area contributed by atoms with Crippen molar-refractivity contribution in [3.63, 3.8) is 0 Å². The molecule has 1 atom stereocenters. The highest BCUT2D eigenvalue weighted by Crippen LogP contribution is 2.18. The Bertz CT molecular complexity index is 380. The highest BCUT2D eigenvalue weighted by atomic mass is 16.2. The van der Waals surface area contributed by atoms with Crippen LogP contribution >= 0.6 is 0 Å². The van der Waals surface area contributed by atoms with Gasteiger partial charge < -0.3 is 10.3 Å². The minimum Gasteiger partial charge on any atom is -0.370 e. The molecule has 68 valence electrons. The van der Waals surface area contributed by atoms with Gasteiger partial charge in [0.1, 0.15) is 0 Å². The van der Waals surface area contributed by atoms with Gasteiger partial charge in [0.25, 0.3) is 5.91 Å². The lowest BCUT2D eigenvalue weighted by Gasteiger charge is -2.03. The number of amides is 1. The second-order valence-corrected chi connectivity index (χ2v) is 2.84. The summed E-state index contributed by atoms with van der Waals surface area (Å²) in [5.41, 5.74) is 6.09. The third kappa shape index (κ3) is 1.16. The third-order valence-electron chi connectivity index (χ3n) is 1.90. The van der Waals surface area contributed by atoms with Crippen molar-refractivity contribution in [1.29, 1.82) is 0 Å². The molecule has 0 aliphatic carbocycles. The van der Waals surface area contributed by atoms with Crippen LogP contribution in [0.25, 0.3) is 0 Å². The number of carbonyl (C=O) groups excluding carboxylic acids is 1. The van der Waals surface area contributed by atoms with E-state index in [9.17, 15) is 4.79 Å². The molecule has 6 nitrogen and oxygen atoms in total. The standard InChI is InChI=1S/C7H9N5O/c1-12-3-9-2-4(12)5-6(13)11-7(8)10-5/h2-3,5H,1H3,(H3,8,10,11,13). The van der Waals surface area contributed by atoms with Gasteiger partial charge in [0.2, 0.25) is 0 Å². The summed E-state index contributed by atoms with van der Waals surface area (Å²) in [5, 5.41) is 2.43. The van der Waals surface area contributed by atoms with Gasteiger partial charge in [-0.1, -0.05) is 0 Å². The van der Waals surface area contributed by atoms with Gasteiger partial charge in [-0.2, -0.15) is 0 Å². The highest BCUT2D eigenvalue weighted by molar-refractivity contribution is 6.04. The first-order valence-electron chi connectivity index (χ1n) is 3.79. The summed E-state index contributed by atoms with van der Waals surface area (Å²) < 4.78 is 1.74. The van der Waals surface area contributed by atoms with Gasteiger partial charge in [-0.3, -0.25) is 10.1 Å². The van der Waals surface area contributed by atoms with Crippen LogP contribution < -0.4 is 11.1 Å². The van der Waals surface area contributed by atoms with Crippen LogP contribution in [0.3, 0.4) is 0 Å². The fourth-order valence-corrected chi connectivity index (χ4v) is 1.26. The van der Waals surface area contributed by atoms with E-state index in [4.69, 9.17) is 5.73 Å². The van der Waals surface area contributed by atoms with E-state index in [1.54, 1.807) is 24.1 Å². The molecule has 0 saturated heterocycles. The first-order valence-corrected chi connectivity index (χ1v) is 3.79. The number of guanidine groups is 1. The summed E-state index contributed by atoms with van der Waals surface area (Å²) in [4.78, 5) is 19.1. The molecule has 0 aromatic carbocycles. The van der Waals surface area contributed by atoms with Crippen molar-refractivity contribution in [3.05, 3.63) is 18.2 Å². The van der Waals surface area contributed by atoms with Crippen LogP contribution in [0.5, 0.6) is 0 Å². The quantitative estimate of drug-likeness (QED) is 0.574. The number of rotatable bonds is 1. The van der Waals surface area contributed by atoms with E-state index >= 15 is 0 Å². The van der Waals surface area contributed by atoms with Crippen LogP contribution in [-0.4, -0.2) is 21.4 Å². The monoisotopic (exact) mass is 179 g/mol. The minimum atomic E-state index is -0.549. The molecule has 6 heteroatoms. The third-order valence-corrected chi connectivity index (χ3v) is 1.90. The predicted octanol–water partition coefficient (Wildman–Crippen LogP) is -1.09. The molecule has 1 aliphatic rings. The lowest BCUT2D eigenvalue weighted by atomic mass is 10.2. The normalized spacial score (nSPS) is 21.5. The molecule has 13 heavy (non-hydrogen) atoms. The molecular formula is C7H9N5O. The number of aliphatic imine (C=N–C) groups is 1. The Balaban J connectivity index is 2.37. The first-order chi connectivity index (χ1) is 6.18. The number of nitrogens with zero attached hydrogens (tertiary/aromatic N) is 3. The van der Waals surface area contributed by atoms with E-state index in [1.165, 1.54) is 0 Å². The van der Waals surface area contributed by atoms with Crippen LogP contribution in [-0.2, 0) is 11.8 Å². The Labute approximate surface area is 74.5 Å². The molecule has 0 radical (unpaired) electrons. The van der Waals surface area contributed by atoms with Crippen LogP contribution in [0.4, 0.5) is 0 Å². The lowest BCUT2D eigenvalue weighted by molar-refractivity contribution is -0.120. The van der Waals surface area contributed by atoms with E-state index in [2.05, 4.69) is 15.3 Å². The largest absolute Gasteiger partial charge is 0.370 e. The predicted molar refractivity (Wildman–Crippen MR) is 45.7 cm³/mol. The van der Waals surface area contributed by atoms with Crippen molar-refractivity contribution in [2.45, 2.75) is 6.04 Å². The summed E-state index contributed by atoms with van der Waals surface area (Å²) in [5.74, 6) is -0.0442. The van der Waals surface area contributed by atoms with Crippen LogP contribution in [0, 0.1) is 0 Å². The van der Waals surface area contributed by atoms with E-state index in [1.807, 2.05) is 0 Å². The maximum absolute atomic E-state index is 11.3. The van der Waals surface area contributed by atoms with Gasteiger partial charge in [-0.15, -0.1) is 0 Å². The fourth-order valence-electron chi connectivity index (χ4n) is 1.26. The molecule has 0 bridgehead atoms. The van der Waals surface area contributed by atoms with Crippen molar-refractivity contribution >= 4 is 11.9 Å². The molecule has 2 rings (SSSR count). The Morgan fingerprint density at radius 3 is 2.92 bits per heavy atom. The van der Waals surface area contributed by atoms with E-state index < -0.39 is 6.04 Å². The zero-order chi connectivity index (χ0) is 9.42. The average molecular weight is 179 g/mol. The summed E-state index contributed by atoms with van der Waals surface area (Å²) in [7, 11) is 1.81. The number of hydrogen-bond acceptors (Lipinski definition) is 4. The molecule has 2 heterocycles. The van der Waals surface area contributed by atoms with Crippen LogP contribution in [0.2, 0.25) is 0 Å². The summed E-state index contributed by atoms with van der Waals surface area (Å²) >= 11 is 0. The number of carbonyl (C=O) groups is 1. The SMILES string of the molecule is Cn1cncc1C1N=C(N)NC1=O. The zero-order valence-corrected chi connectivity index (χ0v) is 7.06. The fraction of sp³-hybridized carbons (Fsp3) is 0.286. The van der Waals surface area contributed by atoms with Crippen LogP contribution in [0.1, 0.15) is 11.7 Å². The van der Waals surface area contributed by atoms with Crippen molar-refractivity contribution < 1.29 is 4.79 Å². The van der Waals surface area contributed by atoms with Gasteiger partial charge in [0.15, 0.2) is 12.0 Å². The Morgan fingerprint density at radius 2 is 2.46 bits per heavy atom. The number of aromatic nitrogens is 2. The van der Waals surface area contributed by atoms with Gasteiger partial charge >= 0.3 is 0 Å². The smallest absolute Gasteiger partial charge is 0.257 e. The number of aryl methyl sites for hydroxylation is 1. The number of nitrogens with two attached hydrogens (primary N) is 1. The molecule has 1 unspecified atom stereocenters. The van der Waals surface area contributed by atoms with Gasteiger partial charge in [0, 0.05) is 7.05 Å². The number of hydrogen-bond donors (Lipinski definition) is 2. The minimum absolute atomic E-state index is 0.163. The molecule has 1 aromatic heterocycles. The summed E-state index contributed by atoms with van der Waals surface area (Å²) in [6, 6.07) is -0.549. The van der Waals surface area contributed by atoms with Gasteiger partial charge in [0.05, 0.1) is 18.2 Å². The molecule has 1 amide bonds. The maximum Gasteiger partial charge on any atom is 0.257 e. The summed E-state index contributed by atoms with van der Waals surface area (Å²) in [6.07, 6.45) is 3.22. The van der Waals surface area contributed by atoms with Crippen molar-refractivity contribution in [3.8, 4) is 0 Å². The van der Waals surface area contributed by atoms with Gasteiger partial charge in [-0.25, -0.2) is 9.98 Å². The highest BCUT2D eigenvalue weighted by Gasteiger charge is 2.28. The van der Waals surface area contributed by atoms with Crippen molar-refractivity contribution in [2.75, 3.05) is 0 Å². The number of imidazole rings is 1. The second-order valence-electron chi connectivity index (χ2n) is 2.84. The molecule has 0 spiro atoms. The van der Waals surface area contributed by atoms with Gasteiger partial charge in [-0.05, 0) is 0 Å². The Hall–Kier alpha value is -1.85. The molecular weight excluding hydrogens is 170 g/mol. The number of nitrogens with one attached hydrogen (secondary N) is 1.